The van der Waals surface area contributed by atoms with Crippen molar-refractivity contribution in [3.8, 4) is 5.75 Å². The summed E-state index contributed by atoms with van der Waals surface area (Å²) in [5.74, 6) is 0.737. The van der Waals surface area contributed by atoms with Crippen LogP contribution in [0.15, 0.2) is 45.8 Å². The van der Waals surface area contributed by atoms with Crippen molar-refractivity contribution in [1.29, 1.82) is 0 Å². The molecule has 1 amide bonds. The minimum atomic E-state index is -3.83. The van der Waals surface area contributed by atoms with Crippen molar-refractivity contribution in [3.63, 3.8) is 0 Å². The number of hydrogen-bond acceptors (Lipinski definition) is 7. The summed E-state index contributed by atoms with van der Waals surface area (Å²) in [6, 6.07) is 9.92. The van der Waals surface area contributed by atoms with Gasteiger partial charge in [0.15, 0.2) is 12.4 Å². The van der Waals surface area contributed by atoms with Gasteiger partial charge in [0.1, 0.15) is 5.75 Å². The van der Waals surface area contributed by atoms with Gasteiger partial charge in [-0.1, -0.05) is 28.9 Å². The first-order chi connectivity index (χ1) is 14.7. The van der Waals surface area contributed by atoms with E-state index < -0.39 is 10.0 Å². The van der Waals surface area contributed by atoms with E-state index in [4.69, 9.17) is 20.9 Å². The number of fused-ring (bicyclic) bond motifs is 1. The van der Waals surface area contributed by atoms with Gasteiger partial charge in [-0.2, -0.15) is 4.98 Å². The number of nitrogens with zero attached hydrogens (tertiary/aromatic N) is 3. The van der Waals surface area contributed by atoms with Crippen molar-refractivity contribution in [1.82, 2.24) is 14.9 Å². The van der Waals surface area contributed by atoms with Crippen LogP contribution in [0.2, 0.25) is 5.02 Å². The Morgan fingerprint density at radius 3 is 2.61 bits per heavy atom. The molecule has 0 saturated heterocycles. The number of carbonyl (C=O) groups excluding carboxylic acids is 1. The van der Waals surface area contributed by atoms with Gasteiger partial charge in [-0.3, -0.25) is 9.69 Å². The fourth-order valence-corrected chi connectivity index (χ4v) is 4.58. The molecule has 0 fully saturated rings. The molecule has 2 heterocycles. The smallest absolute Gasteiger partial charge is 0.265 e. The van der Waals surface area contributed by atoms with E-state index in [1.807, 2.05) is 0 Å². The molecule has 0 aliphatic carbocycles. The molecule has 11 heteroatoms. The van der Waals surface area contributed by atoms with Crippen LogP contribution in [0.1, 0.15) is 22.8 Å². The Bertz CT molecular complexity index is 1240. The number of halogens is 1. The zero-order chi connectivity index (χ0) is 22.2. The third-order valence-electron chi connectivity index (χ3n) is 4.74. The van der Waals surface area contributed by atoms with Crippen LogP contribution in [0.4, 0.5) is 5.69 Å². The first-order valence-electron chi connectivity index (χ1n) is 9.34. The van der Waals surface area contributed by atoms with Crippen molar-refractivity contribution in [2.75, 3.05) is 11.5 Å². The van der Waals surface area contributed by atoms with Crippen molar-refractivity contribution in [2.24, 2.45) is 0 Å². The fraction of sp³-hybridized carbons (Fsp3) is 0.250. The highest BCUT2D eigenvalue weighted by Gasteiger charge is 2.30. The fourth-order valence-electron chi connectivity index (χ4n) is 3.20. The predicted molar refractivity (Wildman–Crippen MR) is 112 cm³/mol. The molecule has 1 aliphatic heterocycles. The van der Waals surface area contributed by atoms with Gasteiger partial charge in [-0.25, -0.2) is 13.1 Å². The van der Waals surface area contributed by atoms with Crippen LogP contribution in [-0.4, -0.2) is 31.1 Å². The molecule has 162 valence electrons. The molecular weight excluding hydrogens is 444 g/mol. The zero-order valence-corrected chi connectivity index (χ0v) is 18.3. The topological polar surface area (TPSA) is 115 Å². The Balaban J connectivity index is 1.60. The number of anilines is 1. The summed E-state index contributed by atoms with van der Waals surface area (Å²) in [6.07, 6.45) is 0. The summed E-state index contributed by atoms with van der Waals surface area (Å²) in [4.78, 5) is 18.1. The lowest BCUT2D eigenvalue weighted by Gasteiger charge is -2.29. The van der Waals surface area contributed by atoms with Crippen LogP contribution < -0.4 is 14.4 Å². The van der Waals surface area contributed by atoms with E-state index in [1.54, 1.807) is 44.2 Å². The van der Waals surface area contributed by atoms with Gasteiger partial charge in [0.25, 0.3) is 5.91 Å². The highest BCUT2D eigenvalue weighted by molar-refractivity contribution is 7.89. The van der Waals surface area contributed by atoms with E-state index in [2.05, 4.69) is 14.9 Å². The van der Waals surface area contributed by atoms with E-state index >= 15 is 0 Å². The van der Waals surface area contributed by atoms with Crippen LogP contribution in [0.5, 0.6) is 5.75 Å². The SMILES string of the molecule is Cc1nc(CN2C(=O)COc3cc(S(=O)(=O)NCc4ccc(Cl)cc4)c(C)cc32)no1. The lowest BCUT2D eigenvalue weighted by molar-refractivity contribution is -0.121. The highest BCUT2D eigenvalue weighted by atomic mass is 35.5. The second-order valence-corrected chi connectivity index (χ2v) is 9.21. The first-order valence-corrected chi connectivity index (χ1v) is 11.2. The maximum Gasteiger partial charge on any atom is 0.265 e. The van der Waals surface area contributed by atoms with Gasteiger partial charge in [0.05, 0.1) is 17.1 Å². The average molecular weight is 463 g/mol. The van der Waals surface area contributed by atoms with E-state index in [-0.39, 0.29) is 36.2 Å². The Kier molecular flexibility index (Phi) is 5.69. The standard InChI is InChI=1S/C20H19ClN4O5S/c1-12-7-16-17(29-11-20(26)25(16)10-19-23-13(2)30-24-19)8-18(12)31(27,28)22-9-14-3-5-15(21)6-4-14/h3-8,22H,9-11H2,1-2H3. The Morgan fingerprint density at radius 2 is 1.94 bits per heavy atom. The number of sulfonamides is 1. The number of benzene rings is 2. The van der Waals surface area contributed by atoms with E-state index in [9.17, 15) is 13.2 Å². The second-order valence-electron chi connectivity index (χ2n) is 7.03. The maximum absolute atomic E-state index is 12.9. The number of aromatic nitrogens is 2. The zero-order valence-electron chi connectivity index (χ0n) is 16.8. The molecule has 0 bridgehead atoms. The van der Waals surface area contributed by atoms with Gasteiger partial charge in [-0.15, -0.1) is 0 Å². The highest BCUT2D eigenvalue weighted by Crippen LogP contribution is 2.37. The molecule has 0 unspecified atom stereocenters. The molecule has 1 aromatic heterocycles. The van der Waals surface area contributed by atoms with E-state index in [0.717, 1.165) is 5.56 Å². The number of rotatable bonds is 6. The van der Waals surface area contributed by atoms with Crippen LogP contribution in [0, 0.1) is 13.8 Å². The number of hydrogen-bond donors (Lipinski definition) is 1. The lowest BCUT2D eigenvalue weighted by Crippen LogP contribution is -2.38. The Labute approximate surface area is 184 Å². The average Bonchev–Trinajstić information content (AvgIpc) is 3.14. The lowest BCUT2D eigenvalue weighted by atomic mass is 10.1. The summed E-state index contributed by atoms with van der Waals surface area (Å²) >= 11 is 5.87. The molecule has 0 atom stereocenters. The van der Waals surface area contributed by atoms with Gasteiger partial charge in [-0.05, 0) is 36.2 Å². The van der Waals surface area contributed by atoms with Crippen LogP contribution in [-0.2, 0) is 27.9 Å². The summed E-state index contributed by atoms with van der Waals surface area (Å²) in [6.45, 7) is 3.30. The van der Waals surface area contributed by atoms with Crippen molar-refractivity contribution < 1.29 is 22.5 Å². The van der Waals surface area contributed by atoms with Crippen molar-refractivity contribution in [2.45, 2.75) is 31.8 Å². The minimum absolute atomic E-state index is 0.0740. The van der Waals surface area contributed by atoms with E-state index in [1.165, 1.54) is 11.0 Å². The number of aryl methyl sites for hydroxylation is 2. The first kappa shape index (κ1) is 21.3. The molecule has 0 saturated carbocycles. The summed E-state index contributed by atoms with van der Waals surface area (Å²) in [5, 5.41) is 4.39. The van der Waals surface area contributed by atoms with Gasteiger partial charge in [0.2, 0.25) is 15.9 Å². The molecule has 0 spiro atoms. The molecule has 3 aromatic rings. The number of nitrogens with one attached hydrogen (secondary N) is 1. The number of carbonyl (C=O) groups is 1. The van der Waals surface area contributed by atoms with Crippen LogP contribution in [0.25, 0.3) is 0 Å². The predicted octanol–water partition coefficient (Wildman–Crippen LogP) is 2.74. The minimum Gasteiger partial charge on any atom is -0.482 e. The monoisotopic (exact) mass is 462 g/mol. The summed E-state index contributed by atoms with van der Waals surface area (Å²) < 4.78 is 38.9. The molecule has 1 N–H and O–H groups in total. The van der Waals surface area contributed by atoms with Crippen LogP contribution >= 0.6 is 11.6 Å². The number of amides is 1. The Morgan fingerprint density at radius 1 is 1.19 bits per heavy atom. The molecular formula is C20H19ClN4O5S. The third kappa shape index (κ3) is 4.55. The largest absolute Gasteiger partial charge is 0.482 e. The van der Waals surface area contributed by atoms with Crippen molar-refractivity contribution >= 4 is 33.2 Å². The molecule has 2 aromatic carbocycles. The van der Waals surface area contributed by atoms with Crippen molar-refractivity contribution in [3.05, 3.63) is 64.3 Å². The van der Waals surface area contributed by atoms with Gasteiger partial charge in [0, 0.05) is 24.6 Å². The second kappa shape index (κ2) is 8.29. The molecule has 1 aliphatic rings. The quantitative estimate of drug-likeness (QED) is 0.598. The number of ether oxygens (including phenoxy) is 1. The van der Waals surface area contributed by atoms with Gasteiger partial charge >= 0.3 is 0 Å². The molecule has 31 heavy (non-hydrogen) atoms. The van der Waals surface area contributed by atoms with E-state index in [0.29, 0.717) is 28.0 Å². The third-order valence-corrected chi connectivity index (χ3v) is 6.53. The maximum atomic E-state index is 12.9. The van der Waals surface area contributed by atoms with Crippen LogP contribution in [0.3, 0.4) is 0 Å². The molecule has 0 radical (unpaired) electrons. The summed E-state index contributed by atoms with van der Waals surface area (Å²) in [5.41, 5.74) is 1.69. The normalized spacial score (nSPS) is 13.8. The Hall–Kier alpha value is -2.95. The molecule has 4 rings (SSSR count). The molecule has 9 nitrogen and oxygen atoms in total. The van der Waals surface area contributed by atoms with Gasteiger partial charge < -0.3 is 9.26 Å². The summed E-state index contributed by atoms with van der Waals surface area (Å²) in [7, 11) is -3.83.